The molecule has 2 rings (SSSR count). The number of rotatable bonds is 2. The number of carbonyl (C=O) groups excluding carboxylic acids is 1. The summed E-state index contributed by atoms with van der Waals surface area (Å²) in [6.45, 7) is 0. The number of methoxy groups -OCH3 is 1. The molecule has 0 spiro atoms. The highest BCUT2D eigenvalue weighted by atomic mass is 79.9. The number of nitrogens with one attached hydrogen (secondary N) is 1. The summed E-state index contributed by atoms with van der Waals surface area (Å²) >= 11 is 8.21. The average molecular weight is 343 g/mol. The lowest BCUT2D eigenvalue weighted by Crippen LogP contribution is -2.25. The first-order chi connectivity index (χ1) is 8.93. The molecule has 1 aliphatic rings. The number of halogens is 1. The van der Waals surface area contributed by atoms with Crippen LogP contribution in [-0.2, 0) is 4.79 Å². The van der Waals surface area contributed by atoms with Crippen molar-refractivity contribution in [3.63, 3.8) is 0 Å². The van der Waals surface area contributed by atoms with Crippen LogP contribution in [0.15, 0.2) is 22.3 Å². The lowest BCUT2D eigenvalue weighted by molar-refractivity contribution is -0.121. The zero-order chi connectivity index (χ0) is 14.2. The minimum absolute atomic E-state index is 0.0167. The van der Waals surface area contributed by atoms with Crippen LogP contribution in [0.4, 0.5) is 0 Å². The van der Waals surface area contributed by atoms with Gasteiger partial charge in [0, 0.05) is 7.05 Å². The number of benzene rings is 1. The van der Waals surface area contributed by atoms with E-state index in [4.69, 9.17) is 17.0 Å². The number of nitrogens with zero attached hydrogens (tertiary/aromatic N) is 1. The maximum absolute atomic E-state index is 11.8. The maximum Gasteiger partial charge on any atom is 0.276 e. The van der Waals surface area contributed by atoms with Crippen LogP contribution in [0.2, 0.25) is 0 Å². The number of thiocarbonyl (C=S) groups is 1. The molecular formula is C12H11BrN2O3S. The summed E-state index contributed by atoms with van der Waals surface area (Å²) in [5.41, 5.74) is 1.09. The molecule has 1 aliphatic heterocycles. The number of hydrogen-bond acceptors (Lipinski definition) is 4. The van der Waals surface area contributed by atoms with E-state index in [-0.39, 0.29) is 11.7 Å². The molecule has 0 aliphatic carbocycles. The van der Waals surface area contributed by atoms with E-state index in [0.29, 0.717) is 26.6 Å². The monoisotopic (exact) mass is 342 g/mol. The van der Waals surface area contributed by atoms with E-state index in [2.05, 4.69) is 21.2 Å². The molecule has 0 saturated carbocycles. The topological polar surface area (TPSA) is 61.8 Å². The first-order valence-corrected chi connectivity index (χ1v) is 6.51. The number of hydrogen-bond donors (Lipinski definition) is 2. The SMILES string of the molecule is COc1cc(/C=C2/NC(=S)N(C)C2=O)cc(Br)c1O. The average Bonchev–Trinajstić information content (AvgIpc) is 2.61. The zero-order valence-corrected chi connectivity index (χ0v) is 12.6. The van der Waals surface area contributed by atoms with Crippen molar-refractivity contribution in [3.05, 3.63) is 27.9 Å². The van der Waals surface area contributed by atoms with Gasteiger partial charge in [0.05, 0.1) is 11.6 Å². The summed E-state index contributed by atoms with van der Waals surface area (Å²) in [5, 5.41) is 12.9. The fraction of sp³-hybridized carbons (Fsp3) is 0.167. The van der Waals surface area contributed by atoms with Gasteiger partial charge in [-0.3, -0.25) is 9.69 Å². The molecule has 2 N–H and O–H groups in total. The lowest BCUT2D eigenvalue weighted by Gasteiger charge is -2.07. The van der Waals surface area contributed by atoms with Crippen LogP contribution < -0.4 is 10.1 Å². The van der Waals surface area contributed by atoms with Gasteiger partial charge < -0.3 is 15.2 Å². The molecule has 0 bridgehead atoms. The van der Waals surface area contributed by atoms with Gasteiger partial charge in [0.2, 0.25) is 0 Å². The van der Waals surface area contributed by atoms with Gasteiger partial charge >= 0.3 is 0 Å². The second-order valence-corrected chi connectivity index (χ2v) is 5.15. The third-order valence-corrected chi connectivity index (χ3v) is 3.64. The number of phenolic OH excluding ortho intramolecular Hbond substituents is 1. The van der Waals surface area contributed by atoms with Gasteiger partial charge in [0.25, 0.3) is 5.91 Å². The van der Waals surface area contributed by atoms with Crippen LogP contribution in [0.3, 0.4) is 0 Å². The standard InChI is InChI=1S/C12H11BrN2O3S/c1-15-11(17)8(14-12(15)19)4-6-3-7(13)10(16)9(5-6)18-2/h3-5,16H,1-2H3,(H,14,19)/b8-4+. The molecule has 1 saturated heterocycles. The first-order valence-electron chi connectivity index (χ1n) is 5.31. The zero-order valence-electron chi connectivity index (χ0n) is 10.2. The van der Waals surface area contributed by atoms with E-state index in [1.165, 1.54) is 12.0 Å². The predicted octanol–water partition coefficient (Wildman–Crippen LogP) is 1.85. The molecule has 7 heteroatoms. The van der Waals surface area contributed by atoms with Crippen LogP contribution in [0.1, 0.15) is 5.56 Å². The molecule has 0 aromatic heterocycles. The summed E-state index contributed by atoms with van der Waals surface area (Å²) in [6.07, 6.45) is 1.64. The maximum atomic E-state index is 11.8. The molecule has 5 nitrogen and oxygen atoms in total. The van der Waals surface area contributed by atoms with Gasteiger partial charge in [-0.1, -0.05) is 0 Å². The van der Waals surface area contributed by atoms with Crippen molar-refractivity contribution >= 4 is 45.2 Å². The Morgan fingerprint density at radius 2 is 2.21 bits per heavy atom. The van der Waals surface area contributed by atoms with Crippen molar-refractivity contribution in [1.29, 1.82) is 0 Å². The molecule has 0 radical (unpaired) electrons. The van der Waals surface area contributed by atoms with Crippen LogP contribution >= 0.6 is 28.1 Å². The number of ether oxygens (including phenoxy) is 1. The molecule has 1 heterocycles. The molecule has 0 atom stereocenters. The molecule has 1 fully saturated rings. The Morgan fingerprint density at radius 3 is 2.74 bits per heavy atom. The Morgan fingerprint density at radius 1 is 1.53 bits per heavy atom. The van der Waals surface area contributed by atoms with E-state index in [0.717, 1.165) is 0 Å². The van der Waals surface area contributed by atoms with Crippen molar-refractivity contribution in [2.75, 3.05) is 14.2 Å². The van der Waals surface area contributed by atoms with Gasteiger partial charge in [0.15, 0.2) is 16.6 Å². The highest BCUT2D eigenvalue weighted by Gasteiger charge is 2.27. The quantitative estimate of drug-likeness (QED) is 0.634. The van der Waals surface area contributed by atoms with Crippen molar-refractivity contribution in [1.82, 2.24) is 10.2 Å². The smallest absolute Gasteiger partial charge is 0.276 e. The molecule has 19 heavy (non-hydrogen) atoms. The van der Waals surface area contributed by atoms with Gasteiger partial charge in [0.1, 0.15) is 5.70 Å². The normalized spacial score (nSPS) is 17.0. The predicted molar refractivity (Wildman–Crippen MR) is 78.8 cm³/mol. The van der Waals surface area contributed by atoms with Crippen LogP contribution in [-0.4, -0.2) is 35.2 Å². The minimum atomic E-state index is -0.201. The van der Waals surface area contributed by atoms with Crippen LogP contribution in [0, 0.1) is 0 Å². The van der Waals surface area contributed by atoms with Crippen LogP contribution in [0.25, 0.3) is 6.08 Å². The summed E-state index contributed by atoms with van der Waals surface area (Å²) in [5.74, 6) is 0.138. The Balaban J connectivity index is 2.42. The van der Waals surface area contributed by atoms with Gasteiger partial charge in [-0.15, -0.1) is 0 Å². The fourth-order valence-electron chi connectivity index (χ4n) is 1.62. The molecule has 1 aromatic carbocycles. The highest BCUT2D eigenvalue weighted by Crippen LogP contribution is 2.35. The highest BCUT2D eigenvalue weighted by molar-refractivity contribution is 9.10. The van der Waals surface area contributed by atoms with E-state index in [1.807, 2.05) is 0 Å². The number of likely N-dealkylation sites (N-methyl/N-ethyl adjacent to an activating group) is 1. The third-order valence-electron chi connectivity index (χ3n) is 2.66. The summed E-state index contributed by atoms with van der Waals surface area (Å²) < 4.78 is 5.54. The minimum Gasteiger partial charge on any atom is -0.503 e. The second kappa shape index (κ2) is 5.18. The van der Waals surface area contributed by atoms with Crippen molar-refractivity contribution < 1.29 is 14.6 Å². The Hall–Kier alpha value is -1.60. The fourth-order valence-corrected chi connectivity index (χ4v) is 2.28. The van der Waals surface area contributed by atoms with E-state index in [9.17, 15) is 9.90 Å². The molecule has 1 aromatic rings. The Bertz CT molecular complexity index is 601. The van der Waals surface area contributed by atoms with Crippen molar-refractivity contribution in [2.45, 2.75) is 0 Å². The number of carbonyl (C=O) groups is 1. The van der Waals surface area contributed by atoms with E-state index >= 15 is 0 Å². The second-order valence-electron chi connectivity index (χ2n) is 3.91. The molecule has 1 amide bonds. The molecule has 100 valence electrons. The van der Waals surface area contributed by atoms with Gasteiger partial charge in [-0.25, -0.2) is 0 Å². The largest absolute Gasteiger partial charge is 0.503 e. The summed E-state index contributed by atoms with van der Waals surface area (Å²) in [4.78, 5) is 13.2. The lowest BCUT2D eigenvalue weighted by atomic mass is 10.1. The number of phenols is 1. The summed E-state index contributed by atoms with van der Waals surface area (Å²) in [7, 11) is 3.06. The first kappa shape index (κ1) is 13.8. The number of aromatic hydroxyl groups is 1. The van der Waals surface area contributed by atoms with E-state index < -0.39 is 0 Å². The van der Waals surface area contributed by atoms with Crippen molar-refractivity contribution in [2.24, 2.45) is 0 Å². The Labute approximate surface area is 124 Å². The van der Waals surface area contributed by atoms with Crippen LogP contribution in [0.5, 0.6) is 11.5 Å². The number of amides is 1. The molecule has 0 unspecified atom stereocenters. The Kier molecular flexibility index (Phi) is 3.77. The van der Waals surface area contributed by atoms with Gasteiger partial charge in [-0.05, 0) is 51.9 Å². The summed E-state index contributed by atoms with van der Waals surface area (Å²) in [6, 6.07) is 3.31. The van der Waals surface area contributed by atoms with Crippen molar-refractivity contribution in [3.8, 4) is 11.5 Å². The van der Waals surface area contributed by atoms with Gasteiger partial charge in [-0.2, -0.15) is 0 Å². The van der Waals surface area contributed by atoms with E-state index in [1.54, 1.807) is 25.3 Å². The molecular weight excluding hydrogens is 332 g/mol. The third kappa shape index (κ3) is 2.57.